The Morgan fingerprint density at radius 1 is 1.42 bits per heavy atom. The number of nitrogens with zero attached hydrogens (tertiary/aromatic N) is 2. The minimum atomic E-state index is -0.632. The lowest BCUT2D eigenvalue weighted by atomic mass is 9.79. The van der Waals surface area contributed by atoms with Crippen molar-refractivity contribution in [2.45, 2.75) is 45.1 Å². The highest BCUT2D eigenvalue weighted by molar-refractivity contribution is 5.31. The highest BCUT2D eigenvalue weighted by Gasteiger charge is 2.31. The predicted octanol–water partition coefficient (Wildman–Crippen LogP) is 2.15. The summed E-state index contributed by atoms with van der Waals surface area (Å²) in [5, 5.41) is 13.6. The number of anilines is 1. The Labute approximate surface area is 114 Å². The van der Waals surface area contributed by atoms with Gasteiger partial charge in [0.1, 0.15) is 0 Å². The highest BCUT2D eigenvalue weighted by Crippen LogP contribution is 2.31. The van der Waals surface area contributed by atoms with Crippen molar-refractivity contribution in [3.63, 3.8) is 0 Å². The molecule has 1 aromatic heterocycles. The van der Waals surface area contributed by atoms with Gasteiger partial charge in [0.2, 0.25) is 11.8 Å². The Bertz CT molecular complexity index is 429. The van der Waals surface area contributed by atoms with Crippen LogP contribution in [0.1, 0.15) is 38.3 Å². The van der Waals surface area contributed by atoms with Gasteiger partial charge in [0.05, 0.1) is 12.7 Å². The third-order valence-electron chi connectivity index (χ3n) is 3.82. The molecule has 5 heteroatoms. The number of hydrogen-bond donors (Lipinski definition) is 2. The second-order valence-electron chi connectivity index (χ2n) is 5.64. The smallest absolute Gasteiger partial charge is 0.226 e. The Balaban J connectivity index is 1.96. The van der Waals surface area contributed by atoms with Crippen LogP contribution in [0.5, 0.6) is 5.88 Å². The standard InChI is InChI=1S/C14H23N3O2/c1-10-4-6-14(18,7-5-10)9-15-13-16-11(2)8-12(17-13)19-3/h8,10,18H,4-7,9H2,1-3H3,(H,15,16,17). The van der Waals surface area contributed by atoms with Crippen LogP contribution >= 0.6 is 0 Å². The van der Waals surface area contributed by atoms with E-state index in [9.17, 15) is 5.11 Å². The number of rotatable bonds is 4. The summed E-state index contributed by atoms with van der Waals surface area (Å²) in [6.07, 6.45) is 3.83. The zero-order valence-electron chi connectivity index (χ0n) is 11.9. The summed E-state index contributed by atoms with van der Waals surface area (Å²) in [6.45, 7) is 4.63. The van der Waals surface area contributed by atoms with Crippen LogP contribution in [0, 0.1) is 12.8 Å². The Morgan fingerprint density at radius 3 is 2.74 bits per heavy atom. The monoisotopic (exact) mass is 265 g/mol. The Hall–Kier alpha value is -1.36. The summed E-state index contributed by atoms with van der Waals surface area (Å²) in [5.41, 5.74) is 0.214. The summed E-state index contributed by atoms with van der Waals surface area (Å²) in [5.74, 6) is 1.78. The second-order valence-corrected chi connectivity index (χ2v) is 5.64. The van der Waals surface area contributed by atoms with Gasteiger partial charge in [-0.3, -0.25) is 0 Å². The van der Waals surface area contributed by atoms with E-state index in [4.69, 9.17) is 4.74 Å². The molecule has 0 amide bonds. The van der Waals surface area contributed by atoms with Crippen molar-refractivity contribution in [1.29, 1.82) is 0 Å². The molecule has 106 valence electrons. The van der Waals surface area contributed by atoms with Crippen LogP contribution in [0.3, 0.4) is 0 Å². The van der Waals surface area contributed by atoms with E-state index in [0.29, 0.717) is 18.4 Å². The fourth-order valence-electron chi connectivity index (χ4n) is 2.44. The Kier molecular flexibility index (Phi) is 4.24. The molecule has 5 nitrogen and oxygen atoms in total. The minimum Gasteiger partial charge on any atom is -0.481 e. The fraction of sp³-hybridized carbons (Fsp3) is 0.714. The molecule has 0 spiro atoms. The van der Waals surface area contributed by atoms with Gasteiger partial charge in [0.25, 0.3) is 0 Å². The third kappa shape index (κ3) is 3.80. The molecule has 19 heavy (non-hydrogen) atoms. The van der Waals surface area contributed by atoms with Crippen LogP contribution in [0.4, 0.5) is 5.95 Å². The number of nitrogens with one attached hydrogen (secondary N) is 1. The molecule has 1 aliphatic rings. The van der Waals surface area contributed by atoms with Crippen LogP contribution in [-0.2, 0) is 0 Å². The average molecular weight is 265 g/mol. The summed E-state index contributed by atoms with van der Waals surface area (Å²) in [4.78, 5) is 8.53. The van der Waals surface area contributed by atoms with E-state index < -0.39 is 5.60 Å². The molecule has 0 bridgehead atoms. The van der Waals surface area contributed by atoms with Gasteiger partial charge < -0.3 is 15.2 Å². The zero-order chi connectivity index (χ0) is 13.9. The first-order chi connectivity index (χ1) is 9.00. The van der Waals surface area contributed by atoms with Gasteiger partial charge in [-0.05, 0) is 38.5 Å². The van der Waals surface area contributed by atoms with Gasteiger partial charge in [0.15, 0.2) is 0 Å². The number of aryl methyl sites for hydroxylation is 1. The second kappa shape index (κ2) is 5.74. The molecule has 2 rings (SSSR count). The number of methoxy groups -OCH3 is 1. The zero-order valence-corrected chi connectivity index (χ0v) is 11.9. The molecule has 1 saturated carbocycles. The van der Waals surface area contributed by atoms with Crippen LogP contribution in [0.25, 0.3) is 0 Å². The van der Waals surface area contributed by atoms with Crippen LogP contribution in [0.2, 0.25) is 0 Å². The van der Waals surface area contributed by atoms with E-state index in [1.165, 1.54) is 0 Å². The number of ether oxygens (including phenoxy) is 1. The van der Waals surface area contributed by atoms with E-state index in [1.54, 1.807) is 13.2 Å². The van der Waals surface area contributed by atoms with Crippen molar-refractivity contribution in [3.8, 4) is 5.88 Å². The summed E-state index contributed by atoms with van der Waals surface area (Å²) in [7, 11) is 1.58. The molecule has 2 N–H and O–H groups in total. The third-order valence-corrected chi connectivity index (χ3v) is 3.82. The van der Waals surface area contributed by atoms with E-state index in [0.717, 1.165) is 37.3 Å². The molecule has 0 unspecified atom stereocenters. The molecule has 1 fully saturated rings. The van der Waals surface area contributed by atoms with E-state index in [2.05, 4.69) is 22.2 Å². The predicted molar refractivity (Wildman–Crippen MR) is 74.4 cm³/mol. The fourth-order valence-corrected chi connectivity index (χ4v) is 2.44. The van der Waals surface area contributed by atoms with E-state index in [1.807, 2.05) is 6.92 Å². The quantitative estimate of drug-likeness (QED) is 0.873. The van der Waals surface area contributed by atoms with Crippen molar-refractivity contribution in [2.24, 2.45) is 5.92 Å². The van der Waals surface area contributed by atoms with Crippen molar-refractivity contribution in [3.05, 3.63) is 11.8 Å². The van der Waals surface area contributed by atoms with E-state index >= 15 is 0 Å². The van der Waals surface area contributed by atoms with Gasteiger partial charge in [-0.1, -0.05) is 6.92 Å². The lowest BCUT2D eigenvalue weighted by molar-refractivity contribution is 0.00486. The number of aromatic nitrogens is 2. The molecular weight excluding hydrogens is 242 g/mol. The van der Waals surface area contributed by atoms with Crippen molar-refractivity contribution in [1.82, 2.24) is 9.97 Å². The van der Waals surface area contributed by atoms with Crippen LogP contribution in [-0.4, -0.2) is 34.3 Å². The highest BCUT2D eigenvalue weighted by atomic mass is 16.5. The largest absolute Gasteiger partial charge is 0.481 e. The summed E-state index contributed by atoms with van der Waals surface area (Å²) >= 11 is 0. The summed E-state index contributed by atoms with van der Waals surface area (Å²) < 4.78 is 5.11. The van der Waals surface area contributed by atoms with Gasteiger partial charge >= 0.3 is 0 Å². The maximum atomic E-state index is 10.5. The first-order valence-electron chi connectivity index (χ1n) is 6.87. The van der Waals surface area contributed by atoms with Crippen molar-refractivity contribution >= 4 is 5.95 Å². The SMILES string of the molecule is COc1cc(C)nc(NCC2(O)CCC(C)CC2)n1. The molecule has 1 aromatic rings. The van der Waals surface area contributed by atoms with Crippen LogP contribution in [0.15, 0.2) is 6.07 Å². The molecule has 1 aliphatic carbocycles. The molecule has 0 aliphatic heterocycles. The van der Waals surface area contributed by atoms with Gasteiger partial charge in [-0.15, -0.1) is 0 Å². The molecule has 0 saturated heterocycles. The van der Waals surface area contributed by atoms with E-state index in [-0.39, 0.29) is 0 Å². The topological polar surface area (TPSA) is 67.3 Å². The van der Waals surface area contributed by atoms with Gasteiger partial charge in [-0.2, -0.15) is 4.98 Å². The minimum absolute atomic E-state index is 0.492. The normalized spacial score (nSPS) is 27.1. The van der Waals surface area contributed by atoms with Crippen molar-refractivity contribution < 1.29 is 9.84 Å². The number of hydrogen-bond acceptors (Lipinski definition) is 5. The van der Waals surface area contributed by atoms with Crippen LogP contribution < -0.4 is 10.1 Å². The summed E-state index contributed by atoms with van der Waals surface area (Å²) in [6, 6.07) is 1.78. The number of aliphatic hydroxyl groups is 1. The Morgan fingerprint density at radius 2 is 2.11 bits per heavy atom. The molecule has 0 atom stereocenters. The molecule has 0 radical (unpaired) electrons. The molecule has 1 heterocycles. The average Bonchev–Trinajstić information content (AvgIpc) is 2.40. The first kappa shape index (κ1) is 14.1. The van der Waals surface area contributed by atoms with Crippen molar-refractivity contribution in [2.75, 3.05) is 19.0 Å². The lowest BCUT2D eigenvalue weighted by Gasteiger charge is -2.34. The molecule has 0 aromatic carbocycles. The van der Waals surface area contributed by atoms with Gasteiger partial charge in [0, 0.05) is 18.3 Å². The van der Waals surface area contributed by atoms with Gasteiger partial charge in [-0.25, -0.2) is 4.98 Å². The maximum Gasteiger partial charge on any atom is 0.226 e. The first-order valence-corrected chi connectivity index (χ1v) is 6.87. The maximum absolute atomic E-state index is 10.5. The molecular formula is C14H23N3O2. The lowest BCUT2D eigenvalue weighted by Crippen LogP contribution is -2.40.